The molecule has 1 unspecified atom stereocenters. The van der Waals surface area contributed by atoms with Crippen LogP contribution in [0.2, 0.25) is 0 Å². The number of hydrogen-bond acceptors (Lipinski definition) is 5. The largest absolute Gasteiger partial charge is 0.406 e. The van der Waals surface area contributed by atoms with E-state index in [1.807, 2.05) is 6.92 Å². The fraction of sp³-hybridized carbons (Fsp3) is 0.846. The van der Waals surface area contributed by atoms with E-state index < -0.39 is 0 Å². The lowest BCUT2D eigenvalue weighted by molar-refractivity contribution is 0.419. The first-order valence-corrected chi connectivity index (χ1v) is 7.04. The Morgan fingerprint density at radius 3 is 2.78 bits per heavy atom. The van der Waals surface area contributed by atoms with E-state index in [4.69, 9.17) is 4.42 Å². The quantitative estimate of drug-likeness (QED) is 0.777. The van der Waals surface area contributed by atoms with Crippen molar-refractivity contribution in [3.8, 4) is 0 Å². The van der Waals surface area contributed by atoms with Gasteiger partial charge in [0.15, 0.2) is 0 Å². The van der Waals surface area contributed by atoms with Gasteiger partial charge in [-0.25, -0.2) is 0 Å². The molecule has 0 bridgehead atoms. The number of anilines is 1. The lowest BCUT2D eigenvalue weighted by atomic mass is 10.0. The molecule has 1 atom stereocenters. The van der Waals surface area contributed by atoms with Crippen LogP contribution in [-0.4, -0.2) is 23.3 Å². The summed E-state index contributed by atoms with van der Waals surface area (Å²) in [6.07, 6.45) is 5.54. The lowest BCUT2D eigenvalue weighted by Gasteiger charge is -2.13. The van der Waals surface area contributed by atoms with E-state index in [0.717, 1.165) is 19.0 Å². The summed E-state index contributed by atoms with van der Waals surface area (Å²) in [5.41, 5.74) is 0.557. The maximum absolute atomic E-state index is 5.63. The molecule has 0 aromatic carbocycles. The standard InChI is InChI=1S/C13H22N4O/c1-3-14-9(2)11-16-17-12(18-11)15-8-13(6-7-13)10-4-5-10/h9-10,14H,3-8H2,1-2H3,(H,15,17). The predicted molar refractivity (Wildman–Crippen MR) is 69.3 cm³/mol. The van der Waals surface area contributed by atoms with E-state index in [1.165, 1.54) is 25.7 Å². The van der Waals surface area contributed by atoms with Crippen molar-refractivity contribution in [2.24, 2.45) is 11.3 Å². The van der Waals surface area contributed by atoms with E-state index in [2.05, 4.69) is 27.8 Å². The molecule has 100 valence electrons. The Kier molecular flexibility index (Phi) is 3.01. The van der Waals surface area contributed by atoms with Gasteiger partial charge in [0.1, 0.15) is 0 Å². The smallest absolute Gasteiger partial charge is 0.315 e. The van der Waals surface area contributed by atoms with Crippen LogP contribution >= 0.6 is 0 Å². The number of aromatic nitrogens is 2. The summed E-state index contributed by atoms with van der Waals surface area (Å²) in [6, 6.07) is 0.693. The third kappa shape index (κ3) is 2.36. The van der Waals surface area contributed by atoms with Gasteiger partial charge in [-0.2, -0.15) is 0 Å². The number of nitrogens with zero attached hydrogens (tertiary/aromatic N) is 2. The van der Waals surface area contributed by atoms with Crippen LogP contribution < -0.4 is 10.6 Å². The van der Waals surface area contributed by atoms with Crippen LogP contribution in [0.1, 0.15) is 51.5 Å². The second-order valence-corrected chi connectivity index (χ2v) is 5.72. The Balaban J connectivity index is 1.53. The molecule has 18 heavy (non-hydrogen) atoms. The highest BCUT2D eigenvalue weighted by Gasteiger charge is 2.53. The molecular weight excluding hydrogens is 228 g/mol. The van der Waals surface area contributed by atoms with Crippen molar-refractivity contribution in [3.63, 3.8) is 0 Å². The summed E-state index contributed by atoms with van der Waals surface area (Å²) in [4.78, 5) is 0. The summed E-state index contributed by atoms with van der Waals surface area (Å²) in [6.45, 7) is 6.00. The number of rotatable bonds is 7. The number of nitrogens with one attached hydrogen (secondary N) is 2. The normalized spacial score (nSPS) is 22.8. The van der Waals surface area contributed by atoms with Crippen molar-refractivity contribution in [3.05, 3.63) is 5.89 Å². The minimum atomic E-state index is 0.122. The molecule has 2 N–H and O–H groups in total. The summed E-state index contributed by atoms with van der Waals surface area (Å²) in [5.74, 6) is 1.61. The third-order valence-electron chi connectivity index (χ3n) is 4.25. The van der Waals surface area contributed by atoms with Crippen LogP contribution in [0.15, 0.2) is 4.42 Å². The van der Waals surface area contributed by atoms with Gasteiger partial charge < -0.3 is 15.1 Å². The molecule has 5 heteroatoms. The fourth-order valence-electron chi connectivity index (χ4n) is 2.71. The van der Waals surface area contributed by atoms with Crippen molar-refractivity contribution in [1.82, 2.24) is 15.5 Å². The van der Waals surface area contributed by atoms with E-state index in [9.17, 15) is 0 Å². The van der Waals surface area contributed by atoms with Gasteiger partial charge in [-0.05, 0) is 50.5 Å². The van der Waals surface area contributed by atoms with Crippen molar-refractivity contribution in [2.75, 3.05) is 18.4 Å². The zero-order valence-electron chi connectivity index (χ0n) is 11.2. The van der Waals surface area contributed by atoms with Gasteiger partial charge in [0.2, 0.25) is 5.89 Å². The van der Waals surface area contributed by atoms with Gasteiger partial charge in [0.05, 0.1) is 6.04 Å². The van der Waals surface area contributed by atoms with E-state index >= 15 is 0 Å². The van der Waals surface area contributed by atoms with Gasteiger partial charge in [-0.1, -0.05) is 12.0 Å². The molecule has 2 saturated carbocycles. The predicted octanol–water partition coefficient (Wildman–Crippen LogP) is 2.34. The Morgan fingerprint density at radius 1 is 1.39 bits per heavy atom. The molecule has 2 aliphatic carbocycles. The van der Waals surface area contributed by atoms with Crippen LogP contribution in [0.5, 0.6) is 0 Å². The van der Waals surface area contributed by atoms with Crippen LogP contribution in [-0.2, 0) is 0 Å². The minimum absolute atomic E-state index is 0.122. The van der Waals surface area contributed by atoms with E-state index in [0.29, 0.717) is 17.3 Å². The molecule has 0 aliphatic heterocycles. The molecule has 0 spiro atoms. The Morgan fingerprint density at radius 2 is 2.17 bits per heavy atom. The molecule has 3 rings (SSSR count). The van der Waals surface area contributed by atoms with Crippen molar-refractivity contribution < 1.29 is 4.42 Å². The van der Waals surface area contributed by atoms with E-state index in [1.54, 1.807) is 0 Å². The van der Waals surface area contributed by atoms with E-state index in [-0.39, 0.29) is 6.04 Å². The summed E-state index contributed by atoms with van der Waals surface area (Å²) >= 11 is 0. The van der Waals surface area contributed by atoms with Crippen LogP contribution in [0.4, 0.5) is 6.01 Å². The monoisotopic (exact) mass is 250 g/mol. The Labute approximate surface area is 108 Å². The highest BCUT2D eigenvalue weighted by Crippen LogP contribution is 2.61. The molecule has 2 fully saturated rings. The summed E-state index contributed by atoms with van der Waals surface area (Å²) in [7, 11) is 0. The highest BCUT2D eigenvalue weighted by molar-refractivity contribution is 5.21. The maximum atomic E-state index is 5.63. The molecule has 1 heterocycles. The zero-order valence-corrected chi connectivity index (χ0v) is 11.2. The van der Waals surface area contributed by atoms with Crippen LogP contribution in [0.3, 0.4) is 0 Å². The Hall–Kier alpha value is -1.10. The fourth-order valence-corrected chi connectivity index (χ4v) is 2.71. The first-order valence-electron chi connectivity index (χ1n) is 7.04. The van der Waals surface area contributed by atoms with Crippen molar-refractivity contribution in [1.29, 1.82) is 0 Å². The second-order valence-electron chi connectivity index (χ2n) is 5.72. The lowest BCUT2D eigenvalue weighted by Crippen LogP contribution is -2.18. The molecule has 0 saturated heterocycles. The van der Waals surface area contributed by atoms with Gasteiger partial charge in [0.25, 0.3) is 0 Å². The summed E-state index contributed by atoms with van der Waals surface area (Å²) in [5, 5.41) is 14.7. The molecule has 0 amide bonds. The molecule has 5 nitrogen and oxygen atoms in total. The molecule has 0 radical (unpaired) electrons. The highest BCUT2D eigenvalue weighted by atomic mass is 16.4. The van der Waals surface area contributed by atoms with Gasteiger partial charge in [-0.15, -0.1) is 5.10 Å². The molecule has 1 aromatic rings. The topological polar surface area (TPSA) is 63.0 Å². The molecule has 1 aromatic heterocycles. The Bertz CT molecular complexity index is 409. The zero-order chi connectivity index (χ0) is 12.6. The molecular formula is C13H22N4O. The minimum Gasteiger partial charge on any atom is -0.406 e. The van der Waals surface area contributed by atoms with Crippen molar-refractivity contribution in [2.45, 2.75) is 45.6 Å². The first-order chi connectivity index (χ1) is 8.73. The van der Waals surface area contributed by atoms with Gasteiger partial charge >= 0.3 is 6.01 Å². The maximum Gasteiger partial charge on any atom is 0.315 e. The summed E-state index contributed by atoms with van der Waals surface area (Å²) < 4.78 is 5.63. The SMILES string of the molecule is CCNC(C)c1nnc(NCC2(C3CC3)CC2)o1. The number of hydrogen-bond donors (Lipinski definition) is 2. The average Bonchev–Trinajstić information content (AvgIpc) is 3.25. The first kappa shape index (κ1) is 12.0. The second kappa shape index (κ2) is 4.53. The average molecular weight is 250 g/mol. The molecule has 2 aliphatic rings. The van der Waals surface area contributed by atoms with Crippen LogP contribution in [0.25, 0.3) is 0 Å². The van der Waals surface area contributed by atoms with Gasteiger partial charge in [0, 0.05) is 6.54 Å². The van der Waals surface area contributed by atoms with Gasteiger partial charge in [-0.3, -0.25) is 0 Å². The van der Waals surface area contributed by atoms with Crippen LogP contribution in [0, 0.1) is 11.3 Å². The van der Waals surface area contributed by atoms with Crippen molar-refractivity contribution >= 4 is 6.01 Å². The third-order valence-corrected chi connectivity index (χ3v) is 4.25.